The predicted molar refractivity (Wildman–Crippen MR) is 97.5 cm³/mol. The Kier molecular flexibility index (Phi) is 4.81. The lowest BCUT2D eigenvalue weighted by Crippen LogP contribution is -2.53. The standard InChI is InChI=1S/C19H22N4O4/c1-13-10-17(21-27-13)20-18(24)12-22-6-8-23(9-7-22)19(25)16-11-14-4-2-3-5-15(14)26-16/h2-5,10,16H,6-9,11-12H2,1H3,(H,20,21,24). The Bertz CT molecular complexity index is 817. The monoisotopic (exact) mass is 370 g/mol. The predicted octanol–water partition coefficient (Wildman–Crippen LogP) is 1.07. The molecule has 8 nitrogen and oxygen atoms in total. The van der Waals surface area contributed by atoms with Crippen LogP contribution in [-0.2, 0) is 16.0 Å². The largest absolute Gasteiger partial charge is 0.480 e. The number of amides is 2. The molecule has 2 aromatic rings. The summed E-state index contributed by atoms with van der Waals surface area (Å²) in [6.07, 6.45) is 0.182. The zero-order chi connectivity index (χ0) is 18.8. The lowest BCUT2D eigenvalue weighted by Gasteiger charge is -2.35. The van der Waals surface area contributed by atoms with Crippen molar-refractivity contribution >= 4 is 17.6 Å². The normalized spacial score (nSPS) is 19.4. The first-order valence-electron chi connectivity index (χ1n) is 9.07. The SMILES string of the molecule is Cc1cc(NC(=O)CN2CCN(C(=O)C3Cc4ccccc4O3)CC2)no1. The van der Waals surface area contributed by atoms with Crippen molar-refractivity contribution in [2.45, 2.75) is 19.4 Å². The summed E-state index contributed by atoms with van der Waals surface area (Å²) in [4.78, 5) is 28.7. The van der Waals surface area contributed by atoms with Crippen LogP contribution in [0.1, 0.15) is 11.3 Å². The van der Waals surface area contributed by atoms with E-state index in [9.17, 15) is 9.59 Å². The summed E-state index contributed by atoms with van der Waals surface area (Å²) in [6.45, 7) is 4.51. The number of hydrogen-bond donors (Lipinski definition) is 1. The Morgan fingerprint density at radius 2 is 2.00 bits per heavy atom. The second-order valence-corrected chi connectivity index (χ2v) is 6.89. The Morgan fingerprint density at radius 1 is 1.22 bits per heavy atom. The van der Waals surface area contributed by atoms with Gasteiger partial charge in [0.05, 0.1) is 6.54 Å². The molecule has 2 aliphatic heterocycles. The minimum atomic E-state index is -0.437. The molecule has 0 aliphatic carbocycles. The van der Waals surface area contributed by atoms with Crippen LogP contribution in [0.15, 0.2) is 34.9 Å². The molecular formula is C19H22N4O4. The van der Waals surface area contributed by atoms with E-state index in [1.54, 1.807) is 13.0 Å². The molecule has 1 atom stereocenters. The van der Waals surface area contributed by atoms with E-state index in [0.717, 1.165) is 11.3 Å². The molecule has 0 radical (unpaired) electrons. The fourth-order valence-electron chi connectivity index (χ4n) is 3.46. The van der Waals surface area contributed by atoms with Gasteiger partial charge in [0.25, 0.3) is 5.91 Å². The Morgan fingerprint density at radius 3 is 2.70 bits per heavy atom. The molecule has 0 bridgehead atoms. The second kappa shape index (κ2) is 7.40. The van der Waals surface area contributed by atoms with Gasteiger partial charge in [0, 0.05) is 38.7 Å². The zero-order valence-electron chi connectivity index (χ0n) is 15.2. The number of ether oxygens (including phenoxy) is 1. The molecule has 1 fully saturated rings. The second-order valence-electron chi connectivity index (χ2n) is 6.89. The first-order valence-corrected chi connectivity index (χ1v) is 9.07. The molecule has 0 spiro atoms. The lowest BCUT2D eigenvalue weighted by molar-refractivity contribution is -0.139. The van der Waals surface area contributed by atoms with E-state index in [1.807, 2.05) is 34.1 Å². The van der Waals surface area contributed by atoms with Crippen molar-refractivity contribution in [1.82, 2.24) is 15.0 Å². The van der Waals surface area contributed by atoms with Crippen molar-refractivity contribution in [3.8, 4) is 5.75 Å². The number of aryl methyl sites for hydroxylation is 1. The summed E-state index contributed by atoms with van der Waals surface area (Å²) in [5, 5.41) is 6.47. The Labute approximate surface area is 157 Å². The van der Waals surface area contributed by atoms with Gasteiger partial charge in [-0.1, -0.05) is 23.4 Å². The van der Waals surface area contributed by atoms with Crippen molar-refractivity contribution in [3.63, 3.8) is 0 Å². The van der Waals surface area contributed by atoms with Gasteiger partial charge in [-0.05, 0) is 18.6 Å². The molecule has 1 N–H and O–H groups in total. The van der Waals surface area contributed by atoms with Gasteiger partial charge in [-0.25, -0.2) is 0 Å². The average Bonchev–Trinajstić information content (AvgIpc) is 3.27. The molecule has 27 heavy (non-hydrogen) atoms. The highest BCUT2D eigenvalue weighted by Crippen LogP contribution is 2.29. The minimum Gasteiger partial charge on any atom is -0.480 e. The van der Waals surface area contributed by atoms with Crippen LogP contribution < -0.4 is 10.1 Å². The van der Waals surface area contributed by atoms with Crippen molar-refractivity contribution in [3.05, 3.63) is 41.7 Å². The summed E-state index contributed by atoms with van der Waals surface area (Å²) >= 11 is 0. The van der Waals surface area contributed by atoms with Crippen LogP contribution in [0.3, 0.4) is 0 Å². The summed E-state index contributed by atoms with van der Waals surface area (Å²) in [7, 11) is 0. The zero-order valence-corrected chi connectivity index (χ0v) is 15.2. The molecule has 8 heteroatoms. The molecule has 1 aromatic heterocycles. The number of rotatable bonds is 4. The number of nitrogens with zero attached hydrogens (tertiary/aromatic N) is 3. The number of anilines is 1. The minimum absolute atomic E-state index is 0.0216. The van der Waals surface area contributed by atoms with E-state index in [0.29, 0.717) is 44.2 Å². The molecule has 1 aromatic carbocycles. The highest BCUT2D eigenvalue weighted by Gasteiger charge is 2.33. The van der Waals surface area contributed by atoms with Crippen LogP contribution in [0.4, 0.5) is 5.82 Å². The van der Waals surface area contributed by atoms with Crippen molar-refractivity contribution in [2.75, 3.05) is 38.0 Å². The number of hydrogen-bond acceptors (Lipinski definition) is 6. The molecule has 2 aliphatic rings. The number of carbonyl (C=O) groups is 2. The molecule has 4 rings (SSSR count). The maximum absolute atomic E-state index is 12.7. The van der Waals surface area contributed by atoms with Crippen LogP contribution >= 0.6 is 0 Å². The lowest BCUT2D eigenvalue weighted by atomic mass is 10.1. The number of fused-ring (bicyclic) bond motifs is 1. The average molecular weight is 370 g/mol. The van der Waals surface area contributed by atoms with Gasteiger partial charge in [0.2, 0.25) is 5.91 Å². The molecular weight excluding hydrogens is 348 g/mol. The number of aromatic nitrogens is 1. The van der Waals surface area contributed by atoms with Gasteiger partial charge in [0.1, 0.15) is 11.5 Å². The van der Waals surface area contributed by atoms with Gasteiger partial charge in [-0.3, -0.25) is 14.5 Å². The molecule has 1 unspecified atom stereocenters. The quantitative estimate of drug-likeness (QED) is 0.866. The van der Waals surface area contributed by atoms with E-state index in [-0.39, 0.29) is 18.4 Å². The maximum atomic E-state index is 12.7. The van der Waals surface area contributed by atoms with E-state index in [2.05, 4.69) is 10.5 Å². The molecule has 2 amide bonds. The van der Waals surface area contributed by atoms with Crippen LogP contribution in [0.25, 0.3) is 0 Å². The van der Waals surface area contributed by atoms with E-state index in [1.165, 1.54) is 0 Å². The van der Waals surface area contributed by atoms with E-state index < -0.39 is 6.10 Å². The van der Waals surface area contributed by atoms with Gasteiger partial charge in [-0.15, -0.1) is 0 Å². The third kappa shape index (κ3) is 3.95. The third-order valence-corrected chi connectivity index (χ3v) is 4.87. The van der Waals surface area contributed by atoms with E-state index in [4.69, 9.17) is 9.26 Å². The smallest absolute Gasteiger partial charge is 0.264 e. The van der Waals surface area contributed by atoms with Crippen LogP contribution in [-0.4, -0.2) is 65.6 Å². The number of piperazine rings is 1. The number of nitrogens with one attached hydrogen (secondary N) is 1. The number of para-hydroxylation sites is 1. The van der Waals surface area contributed by atoms with Gasteiger partial charge < -0.3 is 19.5 Å². The number of benzene rings is 1. The number of carbonyl (C=O) groups excluding carboxylic acids is 2. The van der Waals surface area contributed by atoms with Gasteiger partial charge in [-0.2, -0.15) is 0 Å². The molecule has 3 heterocycles. The first-order chi connectivity index (χ1) is 13.1. The first kappa shape index (κ1) is 17.5. The summed E-state index contributed by atoms with van der Waals surface area (Å²) in [5.74, 6) is 1.75. The van der Waals surface area contributed by atoms with Crippen molar-refractivity contribution < 1.29 is 18.8 Å². The van der Waals surface area contributed by atoms with Crippen LogP contribution in [0.2, 0.25) is 0 Å². The van der Waals surface area contributed by atoms with Crippen LogP contribution in [0, 0.1) is 6.92 Å². The van der Waals surface area contributed by atoms with E-state index >= 15 is 0 Å². The summed E-state index contributed by atoms with van der Waals surface area (Å²) < 4.78 is 10.7. The maximum Gasteiger partial charge on any atom is 0.264 e. The Balaban J connectivity index is 1.24. The van der Waals surface area contributed by atoms with Crippen LogP contribution in [0.5, 0.6) is 5.75 Å². The van der Waals surface area contributed by atoms with Crippen molar-refractivity contribution in [2.24, 2.45) is 0 Å². The third-order valence-electron chi connectivity index (χ3n) is 4.87. The van der Waals surface area contributed by atoms with Crippen molar-refractivity contribution in [1.29, 1.82) is 0 Å². The summed E-state index contributed by atoms with van der Waals surface area (Å²) in [5.41, 5.74) is 1.08. The van der Waals surface area contributed by atoms with Gasteiger partial charge >= 0.3 is 0 Å². The molecule has 0 saturated carbocycles. The fourth-order valence-corrected chi connectivity index (χ4v) is 3.46. The fraction of sp³-hybridized carbons (Fsp3) is 0.421. The highest BCUT2D eigenvalue weighted by molar-refractivity contribution is 5.91. The molecule has 142 valence electrons. The molecule has 1 saturated heterocycles. The van der Waals surface area contributed by atoms with Gasteiger partial charge in [0.15, 0.2) is 11.9 Å². The summed E-state index contributed by atoms with van der Waals surface area (Å²) in [6, 6.07) is 9.44. The Hall–Kier alpha value is -2.87. The topological polar surface area (TPSA) is 87.9 Å². The highest BCUT2D eigenvalue weighted by atomic mass is 16.5.